The van der Waals surface area contributed by atoms with Gasteiger partial charge in [-0.3, -0.25) is 4.79 Å². The first-order chi connectivity index (χ1) is 12.3. The molecule has 2 N–H and O–H groups in total. The highest BCUT2D eigenvalue weighted by molar-refractivity contribution is 7.98. The van der Waals surface area contributed by atoms with Crippen molar-refractivity contribution in [3.05, 3.63) is 54.0 Å². The van der Waals surface area contributed by atoms with Gasteiger partial charge in [-0.1, -0.05) is 18.2 Å². The number of rotatable bonds is 9. The van der Waals surface area contributed by atoms with Crippen LogP contribution < -0.4 is 10.0 Å². The van der Waals surface area contributed by atoms with Crippen molar-refractivity contribution in [2.24, 2.45) is 0 Å². The summed E-state index contributed by atoms with van der Waals surface area (Å²) in [6, 6.07) is 10.4. The summed E-state index contributed by atoms with van der Waals surface area (Å²) >= 11 is 1.55. The van der Waals surface area contributed by atoms with Crippen LogP contribution in [0.15, 0.2) is 51.8 Å². The van der Waals surface area contributed by atoms with Crippen LogP contribution in [-0.4, -0.2) is 32.4 Å². The zero-order valence-electron chi connectivity index (χ0n) is 15.1. The maximum Gasteiger partial charge on any atom is 0.241 e. The van der Waals surface area contributed by atoms with E-state index in [4.69, 9.17) is 4.42 Å². The van der Waals surface area contributed by atoms with Crippen LogP contribution in [0.25, 0.3) is 0 Å². The SMILES string of the molecule is CSCC[C@H](NS(=O)(=O)c1ccccc1)C(=O)N[C@@H](C)c1ccc(C)o1. The lowest BCUT2D eigenvalue weighted by Gasteiger charge is -2.20. The van der Waals surface area contributed by atoms with Gasteiger partial charge in [-0.2, -0.15) is 16.5 Å². The van der Waals surface area contributed by atoms with Crippen LogP contribution in [0.2, 0.25) is 0 Å². The molecule has 0 saturated carbocycles. The Labute approximate surface area is 158 Å². The predicted molar refractivity (Wildman–Crippen MR) is 104 cm³/mol. The minimum atomic E-state index is -3.77. The summed E-state index contributed by atoms with van der Waals surface area (Å²) in [4.78, 5) is 12.8. The monoisotopic (exact) mass is 396 g/mol. The molecule has 2 aromatic rings. The van der Waals surface area contributed by atoms with Gasteiger partial charge in [-0.25, -0.2) is 8.42 Å². The van der Waals surface area contributed by atoms with Crippen molar-refractivity contribution in [3.63, 3.8) is 0 Å². The summed E-state index contributed by atoms with van der Waals surface area (Å²) in [6.45, 7) is 3.63. The molecule has 1 heterocycles. The molecule has 6 nitrogen and oxygen atoms in total. The summed E-state index contributed by atoms with van der Waals surface area (Å²) in [5.74, 6) is 1.67. The highest BCUT2D eigenvalue weighted by Crippen LogP contribution is 2.17. The second kappa shape index (κ2) is 9.25. The molecule has 0 aliphatic carbocycles. The Kier molecular flexibility index (Phi) is 7.31. The first-order valence-corrected chi connectivity index (χ1v) is 11.1. The summed E-state index contributed by atoms with van der Waals surface area (Å²) in [7, 11) is -3.77. The average molecular weight is 397 g/mol. The summed E-state index contributed by atoms with van der Waals surface area (Å²) in [5.41, 5.74) is 0. The molecular formula is C18H24N2O4S2. The standard InChI is InChI=1S/C18H24N2O4S2/c1-13-9-10-17(24-13)14(2)19-18(21)16(11-12-25-3)20-26(22,23)15-7-5-4-6-8-15/h4-10,14,16,20H,11-12H2,1-3H3,(H,19,21)/t14-,16-/m0/s1. The van der Waals surface area contributed by atoms with Gasteiger partial charge in [-0.15, -0.1) is 0 Å². The van der Waals surface area contributed by atoms with E-state index in [0.717, 1.165) is 5.76 Å². The van der Waals surface area contributed by atoms with E-state index in [9.17, 15) is 13.2 Å². The Balaban J connectivity index is 2.11. The zero-order valence-corrected chi connectivity index (χ0v) is 16.7. The largest absolute Gasteiger partial charge is 0.464 e. The van der Waals surface area contributed by atoms with E-state index in [-0.39, 0.29) is 16.8 Å². The maximum absolute atomic E-state index is 12.7. The van der Waals surface area contributed by atoms with E-state index in [0.29, 0.717) is 17.9 Å². The molecule has 0 saturated heterocycles. The lowest BCUT2D eigenvalue weighted by Crippen LogP contribution is -2.47. The van der Waals surface area contributed by atoms with Crippen LogP contribution in [0.5, 0.6) is 0 Å². The molecule has 1 aromatic carbocycles. The fraction of sp³-hybridized carbons (Fsp3) is 0.389. The third-order valence-corrected chi connectivity index (χ3v) is 5.96. The number of carbonyl (C=O) groups is 1. The average Bonchev–Trinajstić information content (AvgIpc) is 3.05. The van der Waals surface area contributed by atoms with Gasteiger partial charge in [0, 0.05) is 0 Å². The zero-order chi connectivity index (χ0) is 19.2. The van der Waals surface area contributed by atoms with Gasteiger partial charge in [0.15, 0.2) is 0 Å². The first-order valence-electron chi connectivity index (χ1n) is 8.26. The van der Waals surface area contributed by atoms with Crippen molar-refractivity contribution < 1.29 is 17.6 Å². The molecule has 142 valence electrons. The van der Waals surface area contributed by atoms with E-state index >= 15 is 0 Å². The van der Waals surface area contributed by atoms with E-state index in [2.05, 4.69) is 10.0 Å². The van der Waals surface area contributed by atoms with Crippen LogP contribution >= 0.6 is 11.8 Å². The van der Waals surface area contributed by atoms with E-state index < -0.39 is 16.1 Å². The van der Waals surface area contributed by atoms with E-state index in [1.807, 2.05) is 19.2 Å². The van der Waals surface area contributed by atoms with Crippen LogP contribution in [0.3, 0.4) is 0 Å². The van der Waals surface area contributed by atoms with Gasteiger partial charge in [0.2, 0.25) is 15.9 Å². The number of nitrogens with one attached hydrogen (secondary N) is 2. The third kappa shape index (κ3) is 5.62. The molecule has 0 spiro atoms. The molecule has 0 radical (unpaired) electrons. The number of hydrogen-bond donors (Lipinski definition) is 2. The normalized spacial score (nSPS) is 14.0. The van der Waals surface area contributed by atoms with Crippen LogP contribution in [-0.2, 0) is 14.8 Å². The summed E-state index contributed by atoms with van der Waals surface area (Å²) in [6.07, 6.45) is 2.30. The van der Waals surface area contributed by atoms with Gasteiger partial charge < -0.3 is 9.73 Å². The highest BCUT2D eigenvalue weighted by atomic mass is 32.2. The lowest BCUT2D eigenvalue weighted by molar-refractivity contribution is -0.123. The molecule has 1 amide bonds. The minimum Gasteiger partial charge on any atom is -0.464 e. The van der Waals surface area contributed by atoms with Crippen molar-refractivity contribution in [1.29, 1.82) is 0 Å². The minimum absolute atomic E-state index is 0.136. The number of benzene rings is 1. The predicted octanol–water partition coefficient (Wildman–Crippen LogP) is 2.87. The summed E-state index contributed by atoms with van der Waals surface area (Å²) < 4.78 is 33.1. The quantitative estimate of drug-likeness (QED) is 0.680. The molecule has 8 heteroatoms. The molecule has 0 fully saturated rings. The number of carbonyl (C=O) groups excluding carboxylic acids is 1. The molecule has 0 unspecified atom stereocenters. The van der Waals surface area contributed by atoms with Crippen molar-refractivity contribution in [3.8, 4) is 0 Å². The summed E-state index contributed by atoms with van der Waals surface area (Å²) in [5, 5.41) is 2.82. The molecular weight excluding hydrogens is 372 g/mol. The number of aryl methyl sites for hydroxylation is 1. The number of thioether (sulfide) groups is 1. The smallest absolute Gasteiger partial charge is 0.241 e. The van der Waals surface area contributed by atoms with Crippen LogP contribution in [0, 0.1) is 6.92 Å². The maximum atomic E-state index is 12.7. The highest BCUT2D eigenvalue weighted by Gasteiger charge is 2.27. The molecule has 0 bridgehead atoms. The third-order valence-electron chi connectivity index (χ3n) is 3.82. The van der Waals surface area contributed by atoms with Crippen molar-refractivity contribution in [2.45, 2.75) is 37.2 Å². The van der Waals surface area contributed by atoms with Crippen LogP contribution in [0.1, 0.15) is 30.9 Å². The fourth-order valence-electron chi connectivity index (χ4n) is 2.41. The number of furan rings is 1. The van der Waals surface area contributed by atoms with E-state index in [1.165, 1.54) is 12.1 Å². The Morgan fingerprint density at radius 2 is 1.88 bits per heavy atom. The van der Waals surface area contributed by atoms with Crippen molar-refractivity contribution >= 4 is 27.7 Å². The topological polar surface area (TPSA) is 88.4 Å². The molecule has 1 aromatic heterocycles. The van der Waals surface area contributed by atoms with Crippen molar-refractivity contribution in [1.82, 2.24) is 10.0 Å². The molecule has 2 atom stereocenters. The van der Waals surface area contributed by atoms with Gasteiger partial charge in [-0.05, 0) is 56.5 Å². The first kappa shape index (κ1) is 20.5. The Morgan fingerprint density at radius 3 is 2.46 bits per heavy atom. The molecule has 2 rings (SSSR count). The van der Waals surface area contributed by atoms with Crippen LogP contribution in [0.4, 0.5) is 0 Å². The Hall–Kier alpha value is -1.77. The second-order valence-corrected chi connectivity index (χ2v) is 8.65. The number of sulfonamides is 1. The Morgan fingerprint density at radius 1 is 1.19 bits per heavy atom. The van der Waals surface area contributed by atoms with Gasteiger partial charge in [0.1, 0.15) is 17.6 Å². The Bertz CT molecular complexity index is 819. The van der Waals surface area contributed by atoms with Crippen molar-refractivity contribution in [2.75, 3.05) is 12.0 Å². The second-order valence-electron chi connectivity index (χ2n) is 5.95. The molecule has 0 aliphatic rings. The molecule has 26 heavy (non-hydrogen) atoms. The molecule has 0 aliphatic heterocycles. The number of amides is 1. The van der Waals surface area contributed by atoms with E-state index in [1.54, 1.807) is 43.0 Å². The fourth-order valence-corrected chi connectivity index (χ4v) is 4.13. The van der Waals surface area contributed by atoms with Gasteiger partial charge >= 0.3 is 0 Å². The number of hydrogen-bond acceptors (Lipinski definition) is 5. The lowest BCUT2D eigenvalue weighted by atomic mass is 10.2. The van der Waals surface area contributed by atoms with Gasteiger partial charge in [0.25, 0.3) is 0 Å². The van der Waals surface area contributed by atoms with Gasteiger partial charge in [0.05, 0.1) is 10.9 Å².